The third-order valence-corrected chi connectivity index (χ3v) is 10.3. The third-order valence-electron chi connectivity index (χ3n) is 7.58. The second-order valence-electron chi connectivity index (χ2n) is 11.3. The van der Waals surface area contributed by atoms with Crippen molar-refractivity contribution in [3.8, 4) is 38.5 Å². The number of rotatable bonds is 9. The van der Waals surface area contributed by atoms with Crippen LogP contribution in [-0.4, -0.2) is 99.5 Å². The van der Waals surface area contributed by atoms with Crippen LogP contribution in [0.5, 0.6) is 5.75 Å². The maximum Gasteiger partial charge on any atom is 0.459 e. The van der Waals surface area contributed by atoms with Crippen LogP contribution in [-0.2, 0) is 35.4 Å². The van der Waals surface area contributed by atoms with Gasteiger partial charge in [0.15, 0.2) is 35.1 Å². The van der Waals surface area contributed by atoms with Gasteiger partial charge in [-0.1, -0.05) is 33.6 Å². The summed E-state index contributed by atoms with van der Waals surface area (Å²) in [7, 11) is 4.43. The lowest BCUT2D eigenvalue weighted by Crippen LogP contribution is -2.35. The van der Waals surface area contributed by atoms with Crippen LogP contribution in [0.25, 0.3) is 32.8 Å². The van der Waals surface area contributed by atoms with Crippen molar-refractivity contribution in [1.82, 2.24) is 49.5 Å². The zero-order chi connectivity index (χ0) is 44.2. The first-order valence-electron chi connectivity index (χ1n) is 15.1. The van der Waals surface area contributed by atoms with Crippen LogP contribution in [0.15, 0.2) is 24.5 Å². The first-order valence-corrected chi connectivity index (χ1v) is 17.5. The van der Waals surface area contributed by atoms with Gasteiger partial charge in [-0.25, -0.2) is 23.6 Å². The Morgan fingerprint density at radius 3 is 1.51 bits per heavy atom. The summed E-state index contributed by atoms with van der Waals surface area (Å²) in [5.41, 5.74) is -4.31. The maximum absolute atomic E-state index is 13.8. The number of carbonyl (C=O) groups excluding carboxylic acids is 3. The van der Waals surface area contributed by atoms with E-state index in [4.69, 9.17) is 23.2 Å². The number of thiophene rings is 2. The van der Waals surface area contributed by atoms with E-state index < -0.39 is 70.5 Å². The van der Waals surface area contributed by atoms with E-state index in [1.54, 1.807) is 0 Å². The Labute approximate surface area is 338 Å². The summed E-state index contributed by atoms with van der Waals surface area (Å²) in [6.07, 6.45) is -9.79. The molecule has 0 bridgehead atoms. The number of aromatic nitrogens is 10. The zero-order valence-corrected chi connectivity index (χ0v) is 32.3. The minimum absolute atomic E-state index is 0.0509. The number of aromatic hydroxyl groups is 1. The predicted molar refractivity (Wildman–Crippen MR) is 183 cm³/mol. The quantitative estimate of drug-likeness (QED) is 0.0877. The molecule has 0 spiro atoms. The molecule has 0 radical (unpaired) electrons. The Hall–Kier alpha value is -5.61. The van der Waals surface area contributed by atoms with Crippen LogP contribution in [0.3, 0.4) is 0 Å². The molecule has 6 aromatic rings. The Morgan fingerprint density at radius 1 is 0.712 bits per heavy atom. The van der Waals surface area contributed by atoms with Crippen molar-refractivity contribution in [1.29, 1.82) is 0 Å². The lowest BCUT2D eigenvalue weighted by Gasteiger charge is -2.17. The smallest absolute Gasteiger partial charge is 0.459 e. The molecule has 0 fully saturated rings. The molecule has 0 amide bonds. The number of hydrogen-bond acceptors (Lipinski definition) is 14. The average molecular weight is 928 g/mol. The molecule has 59 heavy (non-hydrogen) atoms. The van der Waals surface area contributed by atoms with Crippen molar-refractivity contribution in [2.24, 2.45) is 14.1 Å². The molecule has 0 saturated carbocycles. The van der Waals surface area contributed by atoms with E-state index in [9.17, 15) is 63.4 Å². The fourth-order valence-corrected chi connectivity index (χ4v) is 7.24. The Bertz CT molecular complexity index is 2570. The average Bonchev–Trinajstić information content (AvgIpc) is 4.00. The summed E-state index contributed by atoms with van der Waals surface area (Å²) < 4.78 is 143. The summed E-state index contributed by atoms with van der Waals surface area (Å²) in [5, 5.41) is 31.0. The van der Waals surface area contributed by atoms with E-state index >= 15 is 0 Å². The molecule has 6 aromatic heterocycles. The van der Waals surface area contributed by atoms with E-state index in [0.29, 0.717) is 19.1 Å². The van der Waals surface area contributed by atoms with Crippen molar-refractivity contribution < 1.29 is 72.9 Å². The van der Waals surface area contributed by atoms with E-state index in [2.05, 4.69) is 40.3 Å². The largest absolute Gasteiger partial charge is 0.503 e. The normalized spacial score (nSPS) is 12.3. The van der Waals surface area contributed by atoms with Crippen molar-refractivity contribution in [3.63, 3.8) is 0 Å². The Morgan fingerprint density at radius 2 is 1.10 bits per heavy atom. The lowest BCUT2D eigenvalue weighted by molar-refractivity contribution is -0.291. The van der Waals surface area contributed by atoms with Crippen LogP contribution in [0.2, 0.25) is 8.67 Å². The van der Waals surface area contributed by atoms with Gasteiger partial charge in [0, 0.05) is 14.1 Å². The molecule has 0 unspecified atom stereocenters. The van der Waals surface area contributed by atoms with Gasteiger partial charge in [0.1, 0.15) is 20.1 Å². The van der Waals surface area contributed by atoms with Crippen LogP contribution < -0.4 is 0 Å². The Balaban J connectivity index is 0.000000224. The molecule has 0 aliphatic heterocycles. The van der Waals surface area contributed by atoms with Gasteiger partial charge in [-0.3, -0.25) is 4.79 Å². The number of aryl methyl sites for hydroxylation is 2. The monoisotopic (exact) mass is 926 g/mol. The summed E-state index contributed by atoms with van der Waals surface area (Å²) >= 11 is 13.8. The van der Waals surface area contributed by atoms with Crippen LogP contribution in [0, 0.1) is 0 Å². The van der Waals surface area contributed by atoms with Crippen molar-refractivity contribution in [2.75, 3.05) is 14.2 Å². The summed E-state index contributed by atoms with van der Waals surface area (Å²) in [6, 6.07) is 2.69. The van der Waals surface area contributed by atoms with E-state index in [-0.39, 0.29) is 37.5 Å². The van der Waals surface area contributed by atoms with Crippen molar-refractivity contribution >= 4 is 64.1 Å². The maximum atomic E-state index is 13.8. The van der Waals surface area contributed by atoms with Gasteiger partial charge in [-0.2, -0.15) is 58.8 Å². The lowest BCUT2D eigenvalue weighted by atomic mass is 10.1. The number of methoxy groups -OCH3 is 2. The topological polar surface area (TPSA) is 187 Å². The van der Waals surface area contributed by atoms with Crippen LogP contribution in [0.1, 0.15) is 42.5 Å². The highest BCUT2D eigenvalue weighted by Gasteiger charge is 2.63. The number of alkyl halides is 10. The highest BCUT2D eigenvalue weighted by atomic mass is 35.5. The molecule has 1 N–H and O–H groups in total. The Kier molecular flexibility index (Phi) is 12.0. The molecule has 0 aliphatic rings. The van der Waals surface area contributed by atoms with Gasteiger partial charge < -0.3 is 14.6 Å². The number of esters is 2. The number of ether oxygens (including phenoxy) is 2. The second-order valence-corrected chi connectivity index (χ2v) is 14.6. The molecule has 0 saturated heterocycles. The zero-order valence-electron chi connectivity index (χ0n) is 29.2. The molecule has 0 aliphatic carbocycles. The summed E-state index contributed by atoms with van der Waals surface area (Å²) in [5.74, 6) is -14.6. The van der Waals surface area contributed by atoms with Crippen LogP contribution >= 0.6 is 45.9 Å². The highest BCUT2D eigenvalue weighted by molar-refractivity contribution is 7.20. The molecular formula is C29H18Cl2F10N10O6S2. The molecule has 0 atom stereocenters. The van der Waals surface area contributed by atoms with E-state index in [0.717, 1.165) is 72.7 Å². The predicted octanol–water partition coefficient (Wildman–Crippen LogP) is 7.16. The number of carbonyl (C=O) groups is 3. The molecule has 6 heterocycles. The number of nitrogens with zero attached hydrogens (tertiary/aromatic N) is 10. The van der Waals surface area contributed by atoms with Gasteiger partial charge in [0.05, 0.1) is 53.1 Å². The van der Waals surface area contributed by atoms with Gasteiger partial charge in [-0.15, -0.1) is 32.9 Å². The molecule has 30 heteroatoms. The molecular weight excluding hydrogens is 909 g/mol. The second kappa shape index (κ2) is 15.9. The number of aldehydes is 1. The summed E-state index contributed by atoms with van der Waals surface area (Å²) in [4.78, 5) is 35.3. The van der Waals surface area contributed by atoms with E-state index in [1.165, 1.54) is 12.1 Å². The fraction of sp³-hybridized carbons (Fsp3) is 0.276. The molecule has 316 valence electrons. The van der Waals surface area contributed by atoms with Crippen LogP contribution in [0.4, 0.5) is 43.9 Å². The first-order chi connectivity index (χ1) is 27.3. The third kappa shape index (κ3) is 8.07. The molecule has 16 nitrogen and oxygen atoms in total. The van der Waals surface area contributed by atoms with E-state index in [1.807, 2.05) is 0 Å². The minimum Gasteiger partial charge on any atom is -0.503 e. The highest BCUT2D eigenvalue weighted by Crippen LogP contribution is 2.48. The first kappa shape index (κ1) is 44.5. The fourth-order valence-electron chi connectivity index (χ4n) is 4.83. The van der Waals surface area contributed by atoms with Gasteiger partial charge >= 0.3 is 36.1 Å². The summed E-state index contributed by atoms with van der Waals surface area (Å²) in [6.45, 7) is 0. The van der Waals surface area contributed by atoms with Crippen molar-refractivity contribution in [3.05, 3.63) is 61.3 Å². The number of hydrogen-bond donors (Lipinski definition) is 1. The van der Waals surface area contributed by atoms with Crippen molar-refractivity contribution in [2.45, 2.75) is 24.2 Å². The molecule has 6 rings (SSSR count). The standard InChI is InChI=1S/C15H9ClF5N5O3S.C14H9ClF5N5O3S/c1-25-12(7(5-27)10(23-25)14(17,18)15(19,20)21)26-4-8(22-24-26)9-3-6(11(16)30-9)13(28)29-2;1-24-11(8(26)9(22-24)13(16,17)14(18,19)20)25-4-6(21-23-25)7-3-5(10(15)29-7)12(27)28-2/h3-5H,1-2H3;3-4,26H,1-2H3. The van der Waals surface area contributed by atoms with Gasteiger partial charge in [0.25, 0.3) is 0 Å². The minimum atomic E-state index is -5.96. The number of halogens is 12. The SMILES string of the molecule is COC(=O)c1cc(-c2cn(-c3c(C=O)c(C(F)(F)C(F)(F)F)nn3C)nn2)sc1Cl.COC(=O)c1cc(-c2cn(-c3c(O)c(C(F)(F)C(F)(F)F)nn3C)nn2)sc1Cl. The van der Waals surface area contributed by atoms with Gasteiger partial charge in [-0.05, 0) is 12.1 Å². The molecule has 0 aromatic carbocycles. The van der Waals surface area contributed by atoms with Gasteiger partial charge in [0.2, 0.25) is 0 Å².